The van der Waals surface area contributed by atoms with Crippen molar-refractivity contribution in [2.45, 2.75) is 39.1 Å². The van der Waals surface area contributed by atoms with Crippen LogP contribution in [0.1, 0.15) is 25.6 Å². The van der Waals surface area contributed by atoms with Crippen LogP contribution < -0.4 is 5.32 Å². The third kappa shape index (κ3) is 6.55. The summed E-state index contributed by atoms with van der Waals surface area (Å²) >= 11 is 0. The molecule has 0 fully saturated rings. The highest BCUT2D eigenvalue weighted by Crippen LogP contribution is 2.15. The fourth-order valence-electron chi connectivity index (χ4n) is 1.17. The van der Waals surface area contributed by atoms with Crippen molar-refractivity contribution in [1.29, 1.82) is 0 Å². The summed E-state index contributed by atoms with van der Waals surface area (Å²) in [7, 11) is 0. The van der Waals surface area contributed by atoms with E-state index in [1.54, 1.807) is 0 Å². The Kier molecular flexibility index (Phi) is 5.54. The quantitative estimate of drug-likeness (QED) is 0.814. The number of nitrogens with zero attached hydrogens (tertiary/aromatic N) is 2. The predicted octanol–water partition coefficient (Wildman–Crippen LogP) is 1.69. The highest BCUT2D eigenvalue weighted by atomic mass is 19.4. The summed E-state index contributed by atoms with van der Waals surface area (Å²) in [6.07, 6.45) is -3.81. The Morgan fingerprint density at radius 1 is 1.28 bits per heavy atom. The maximum absolute atomic E-state index is 11.8. The lowest BCUT2D eigenvalue weighted by atomic mass is 10.3. The summed E-state index contributed by atoms with van der Waals surface area (Å²) in [6, 6.07) is 0.350. The van der Waals surface area contributed by atoms with Crippen LogP contribution in [0.15, 0.2) is 4.42 Å². The van der Waals surface area contributed by atoms with Gasteiger partial charge < -0.3 is 14.5 Å². The molecule has 104 valence electrons. The zero-order chi connectivity index (χ0) is 13.6. The number of hydrogen-bond acceptors (Lipinski definition) is 5. The zero-order valence-electron chi connectivity index (χ0n) is 10.3. The Bertz CT molecular complexity index is 352. The van der Waals surface area contributed by atoms with Crippen LogP contribution in [-0.2, 0) is 17.8 Å². The summed E-state index contributed by atoms with van der Waals surface area (Å²) in [5.74, 6) is 0.438. The maximum Gasteiger partial charge on any atom is 0.411 e. The Balaban J connectivity index is 2.26. The molecule has 0 saturated heterocycles. The highest BCUT2D eigenvalue weighted by Gasteiger charge is 2.27. The van der Waals surface area contributed by atoms with E-state index in [0.717, 1.165) is 0 Å². The summed E-state index contributed by atoms with van der Waals surface area (Å²) in [6.45, 7) is 3.03. The van der Waals surface area contributed by atoms with Crippen molar-refractivity contribution < 1.29 is 22.3 Å². The number of aromatic nitrogens is 2. The van der Waals surface area contributed by atoms with Gasteiger partial charge in [-0.3, -0.25) is 0 Å². The molecule has 0 atom stereocenters. The van der Waals surface area contributed by atoms with Crippen molar-refractivity contribution in [3.05, 3.63) is 11.8 Å². The Hall–Kier alpha value is -1.15. The molecule has 0 bridgehead atoms. The average molecular weight is 267 g/mol. The smallest absolute Gasteiger partial charge is 0.411 e. The van der Waals surface area contributed by atoms with E-state index in [4.69, 9.17) is 4.42 Å². The van der Waals surface area contributed by atoms with Gasteiger partial charge in [0.1, 0.15) is 13.2 Å². The van der Waals surface area contributed by atoms with Crippen LogP contribution in [0.25, 0.3) is 0 Å². The molecule has 0 aliphatic carbocycles. The molecule has 5 nitrogen and oxygen atoms in total. The van der Waals surface area contributed by atoms with Gasteiger partial charge in [-0.25, -0.2) is 0 Å². The molecular weight excluding hydrogens is 251 g/mol. The second-order valence-electron chi connectivity index (χ2n) is 4.06. The van der Waals surface area contributed by atoms with Crippen LogP contribution in [0.5, 0.6) is 0 Å². The minimum Gasteiger partial charge on any atom is -0.423 e. The predicted molar refractivity (Wildman–Crippen MR) is 56.9 cm³/mol. The number of ether oxygens (including phenoxy) is 1. The van der Waals surface area contributed by atoms with Crippen LogP contribution in [0.4, 0.5) is 13.2 Å². The first-order valence-corrected chi connectivity index (χ1v) is 5.56. The first kappa shape index (κ1) is 14.9. The normalized spacial score (nSPS) is 12.3. The van der Waals surface area contributed by atoms with E-state index in [1.165, 1.54) is 0 Å². The zero-order valence-corrected chi connectivity index (χ0v) is 10.3. The standard InChI is InChI=1S/C10H16F3N3O2/c1-7(2)14-4-3-8-15-16-9(18-8)5-17-6-10(11,12)13/h7,14H,3-6H2,1-2H3. The fourth-order valence-corrected chi connectivity index (χ4v) is 1.17. The molecule has 0 amide bonds. The first-order chi connectivity index (χ1) is 8.37. The van der Waals surface area contributed by atoms with E-state index < -0.39 is 12.8 Å². The van der Waals surface area contributed by atoms with Crippen LogP contribution in [0, 0.1) is 0 Å². The molecule has 0 aromatic carbocycles. The fraction of sp³-hybridized carbons (Fsp3) is 0.800. The minimum absolute atomic E-state index is 0.0544. The van der Waals surface area contributed by atoms with Crippen LogP contribution >= 0.6 is 0 Å². The van der Waals surface area contributed by atoms with E-state index >= 15 is 0 Å². The van der Waals surface area contributed by atoms with Crippen molar-refractivity contribution in [2.24, 2.45) is 0 Å². The second kappa shape index (κ2) is 6.69. The molecule has 8 heteroatoms. The Labute approximate surface area is 103 Å². The number of nitrogens with one attached hydrogen (secondary N) is 1. The third-order valence-corrected chi connectivity index (χ3v) is 1.89. The van der Waals surface area contributed by atoms with Gasteiger partial charge in [-0.1, -0.05) is 13.8 Å². The molecule has 0 unspecified atom stereocenters. The second-order valence-corrected chi connectivity index (χ2v) is 4.06. The number of hydrogen-bond donors (Lipinski definition) is 1. The van der Waals surface area contributed by atoms with Gasteiger partial charge in [0.2, 0.25) is 11.8 Å². The molecule has 0 aliphatic heterocycles. The van der Waals surface area contributed by atoms with Crippen molar-refractivity contribution in [1.82, 2.24) is 15.5 Å². The minimum atomic E-state index is -4.34. The lowest BCUT2D eigenvalue weighted by molar-refractivity contribution is -0.177. The van der Waals surface area contributed by atoms with Crippen LogP contribution in [-0.4, -0.2) is 35.6 Å². The van der Waals surface area contributed by atoms with E-state index in [2.05, 4.69) is 20.3 Å². The molecule has 1 aromatic heterocycles. The number of rotatable bonds is 7. The Morgan fingerprint density at radius 2 is 1.94 bits per heavy atom. The number of alkyl halides is 3. The van der Waals surface area contributed by atoms with E-state index in [1.807, 2.05) is 13.8 Å². The van der Waals surface area contributed by atoms with E-state index in [9.17, 15) is 13.2 Å². The number of halogens is 3. The maximum atomic E-state index is 11.8. The van der Waals surface area contributed by atoms with Gasteiger partial charge in [0.15, 0.2) is 0 Å². The molecule has 18 heavy (non-hydrogen) atoms. The molecule has 1 heterocycles. The molecule has 1 N–H and O–H groups in total. The first-order valence-electron chi connectivity index (χ1n) is 5.56. The van der Waals surface area contributed by atoms with Crippen LogP contribution in [0.2, 0.25) is 0 Å². The van der Waals surface area contributed by atoms with E-state index in [-0.39, 0.29) is 12.5 Å². The van der Waals surface area contributed by atoms with Gasteiger partial charge in [0.25, 0.3) is 0 Å². The molecule has 1 rings (SSSR count). The summed E-state index contributed by atoms with van der Waals surface area (Å²) in [5, 5.41) is 10.5. The van der Waals surface area contributed by atoms with Crippen molar-refractivity contribution in [3.63, 3.8) is 0 Å². The van der Waals surface area contributed by atoms with Crippen molar-refractivity contribution in [2.75, 3.05) is 13.2 Å². The topological polar surface area (TPSA) is 60.2 Å². The largest absolute Gasteiger partial charge is 0.423 e. The van der Waals surface area contributed by atoms with Gasteiger partial charge in [-0.15, -0.1) is 10.2 Å². The monoisotopic (exact) mass is 267 g/mol. The third-order valence-electron chi connectivity index (χ3n) is 1.89. The molecular formula is C10H16F3N3O2. The van der Waals surface area contributed by atoms with Gasteiger partial charge in [-0.2, -0.15) is 13.2 Å². The molecule has 1 aromatic rings. The van der Waals surface area contributed by atoms with Gasteiger partial charge in [-0.05, 0) is 0 Å². The van der Waals surface area contributed by atoms with Crippen LogP contribution in [0.3, 0.4) is 0 Å². The Morgan fingerprint density at radius 3 is 2.56 bits per heavy atom. The summed E-state index contributed by atoms with van der Waals surface area (Å²) in [4.78, 5) is 0. The molecule has 0 spiro atoms. The van der Waals surface area contributed by atoms with Gasteiger partial charge >= 0.3 is 6.18 Å². The average Bonchev–Trinajstić information content (AvgIpc) is 2.63. The lowest BCUT2D eigenvalue weighted by Crippen LogP contribution is -2.25. The molecule has 0 radical (unpaired) electrons. The molecule has 0 saturated carbocycles. The molecule has 0 aliphatic rings. The summed E-state index contributed by atoms with van der Waals surface area (Å²) in [5.41, 5.74) is 0. The SMILES string of the molecule is CC(C)NCCc1nnc(COCC(F)(F)F)o1. The van der Waals surface area contributed by atoms with E-state index in [0.29, 0.717) is 24.9 Å². The van der Waals surface area contributed by atoms with Gasteiger partial charge in [0.05, 0.1) is 0 Å². The lowest BCUT2D eigenvalue weighted by Gasteiger charge is -2.05. The van der Waals surface area contributed by atoms with Crippen molar-refractivity contribution >= 4 is 0 Å². The summed E-state index contributed by atoms with van der Waals surface area (Å²) < 4.78 is 44.9. The highest BCUT2D eigenvalue weighted by molar-refractivity contribution is 4.81. The van der Waals surface area contributed by atoms with Crippen molar-refractivity contribution in [3.8, 4) is 0 Å². The van der Waals surface area contributed by atoms with Gasteiger partial charge in [0, 0.05) is 19.0 Å².